The van der Waals surface area contributed by atoms with E-state index in [1.807, 2.05) is 28.5 Å². The van der Waals surface area contributed by atoms with Gasteiger partial charge < -0.3 is 4.90 Å². The highest BCUT2D eigenvalue weighted by Crippen LogP contribution is 2.39. The van der Waals surface area contributed by atoms with Crippen LogP contribution in [0.5, 0.6) is 0 Å². The maximum Gasteiger partial charge on any atom is 0.246 e. The van der Waals surface area contributed by atoms with E-state index in [4.69, 9.17) is 0 Å². The number of fused-ring (bicyclic) bond motifs is 3. The van der Waals surface area contributed by atoms with E-state index in [2.05, 4.69) is 15.2 Å². The summed E-state index contributed by atoms with van der Waals surface area (Å²) in [5, 5.41) is 8.68. The summed E-state index contributed by atoms with van der Waals surface area (Å²) in [6.45, 7) is 2.76. The molecule has 0 bridgehead atoms. The van der Waals surface area contributed by atoms with E-state index in [9.17, 15) is 4.79 Å². The van der Waals surface area contributed by atoms with Gasteiger partial charge in [-0.15, -0.1) is 10.2 Å². The summed E-state index contributed by atoms with van der Waals surface area (Å²) < 4.78 is 1.99. The third-order valence-corrected chi connectivity index (χ3v) is 4.24. The minimum Gasteiger partial charge on any atom is -0.331 e. The van der Waals surface area contributed by atoms with Crippen LogP contribution in [-0.4, -0.2) is 37.1 Å². The van der Waals surface area contributed by atoms with Crippen molar-refractivity contribution in [3.63, 3.8) is 0 Å². The van der Waals surface area contributed by atoms with Crippen LogP contribution in [0.15, 0.2) is 24.5 Å². The molecule has 2 aliphatic heterocycles. The summed E-state index contributed by atoms with van der Waals surface area (Å²) in [4.78, 5) is 18.5. The lowest BCUT2D eigenvalue weighted by Crippen LogP contribution is -2.42. The summed E-state index contributed by atoms with van der Waals surface area (Å²) in [6, 6.07) is 3.66. The topological polar surface area (TPSA) is 63.9 Å². The zero-order valence-electron chi connectivity index (χ0n) is 11.2. The standard InChI is InChI=1S/C14H15N5O/c1-9-14(20)18-8-2-3-11(18)13-17-16-12(19(9)13)10-4-6-15-7-5-10/h4-7,9,11H,2-3,8H2,1H3/t9-,11-/m0/s1. The number of carbonyl (C=O) groups is 1. The summed E-state index contributed by atoms with van der Waals surface area (Å²) in [7, 11) is 0. The second-order valence-corrected chi connectivity index (χ2v) is 5.35. The third-order valence-electron chi connectivity index (χ3n) is 4.24. The number of carbonyl (C=O) groups excluding carboxylic acids is 1. The van der Waals surface area contributed by atoms with Crippen LogP contribution < -0.4 is 0 Å². The van der Waals surface area contributed by atoms with Gasteiger partial charge in [0.15, 0.2) is 11.6 Å². The molecule has 2 aromatic heterocycles. The van der Waals surface area contributed by atoms with E-state index < -0.39 is 0 Å². The molecule has 0 saturated carbocycles. The van der Waals surface area contributed by atoms with Gasteiger partial charge in [-0.2, -0.15) is 0 Å². The van der Waals surface area contributed by atoms with Crippen LogP contribution in [0.4, 0.5) is 0 Å². The van der Waals surface area contributed by atoms with Gasteiger partial charge in [-0.25, -0.2) is 0 Å². The molecule has 1 saturated heterocycles. The fourth-order valence-electron chi connectivity index (χ4n) is 3.26. The predicted molar refractivity (Wildman–Crippen MR) is 71.7 cm³/mol. The summed E-state index contributed by atoms with van der Waals surface area (Å²) in [5.74, 6) is 1.85. The molecule has 0 unspecified atom stereocenters. The molecule has 2 atom stereocenters. The Morgan fingerprint density at radius 1 is 1.25 bits per heavy atom. The van der Waals surface area contributed by atoms with Crippen LogP contribution in [0.25, 0.3) is 11.4 Å². The molecule has 0 aromatic carbocycles. The fraction of sp³-hybridized carbons (Fsp3) is 0.429. The molecule has 0 spiro atoms. The third kappa shape index (κ3) is 1.44. The second-order valence-electron chi connectivity index (χ2n) is 5.35. The van der Waals surface area contributed by atoms with Crippen molar-refractivity contribution in [2.75, 3.05) is 6.54 Å². The van der Waals surface area contributed by atoms with E-state index in [0.29, 0.717) is 0 Å². The lowest BCUT2D eigenvalue weighted by molar-refractivity contribution is -0.137. The molecule has 0 aliphatic carbocycles. The van der Waals surface area contributed by atoms with Gasteiger partial charge in [-0.05, 0) is 31.9 Å². The first kappa shape index (κ1) is 11.6. The van der Waals surface area contributed by atoms with Gasteiger partial charge in [0.25, 0.3) is 0 Å². The van der Waals surface area contributed by atoms with Crippen molar-refractivity contribution in [3.05, 3.63) is 30.4 Å². The zero-order chi connectivity index (χ0) is 13.7. The molecule has 20 heavy (non-hydrogen) atoms. The van der Waals surface area contributed by atoms with E-state index in [-0.39, 0.29) is 18.0 Å². The number of nitrogens with zero attached hydrogens (tertiary/aromatic N) is 5. The number of hydrogen-bond acceptors (Lipinski definition) is 4. The van der Waals surface area contributed by atoms with Crippen molar-refractivity contribution in [2.45, 2.75) is 31.8 Å². The van der Waals surface area contributed by atoms with Gasteiger partial charge in [0.1, 0.15) is 6.04 Å². The summed E-state index contributed by atoms with van der Waals surface area (Å²) in [6.07, 6.45) is 5.48. The molecule has 2 aromatic rings. The Balaban J connectivity index is 1.89. The molecule has 6 nitrogen and oxygen atoms in total. The molecule has 4 rings (SSSR count). The van der Waals surface area contributed by atoms with Crippen LogP contribution >= 0.6 is 0 Å². The van der Waals surface area contributed by atoms with Crippen LogP contribution in [0.1, 0.15) is 37.7 Å². The molecule has 1 fully saturated rings. The fourth-order valence-corrected chi connectivity index (χ4v) is 3.26. The van der Waals surface area contributed by atoms with Crippen molar-refractivity contribution < 1.29 is 4.79 Å². The van der Waals surface area contributed by atoms with E-state index in [1.165, 1.54) is 0 Å². The molecular formula is C14H15N5O. The SMILES string of the molecule is C[C@H]1C(=O)N2CCC[C@H]2c2nnc(-c3ccncc3)n21. The number of pyridine rings is 1. The van der Waals surface area contributed by atoms with E-state index in [0.717, 1.165) is 36.6 Å². The molecule has 0 radical (unpaired) electrons. The first-order chi connectivity index (χ1) is 9.77. The molecule has 0 N–H and O–H groups in total. The predicted octanol–water partition coefficient (Wildman–Crippen LogP) is 1.58. The Bertz CT molecular complexity index is 665. The van der Waals surface area contributed by atoms with Crippen LogP contribution in [0, 0.1) is 0 Å². The van der Waals surface area contributed by atoms with Crippen molar-refractivity contribution in [1.82, 2.24) is 24.6 Å². The lowest BCUT2D eigenvalue weighted by atomic mass is 10.1. The van der Waals surface area contributed by atoms with E-state index >= 15 is 0 Å². The van der Waals surface area contributed by atoms with Gasteiger partial charge >= 0.3 is 0 Å². The molecule has 2 aliphatic rings. The highest BCUT2D eigenvalue weighted by atomic mass is 16.2. The van der Waals surface area contributed by atoms with E-state index in [1.54, 1.807) is 12.4 Å². The highest BCUT2D eigenvalue weighted by Gasteiger charge is 2.42. The Labute approximate surface area is 116 Å². The minimum absolute atomic E-state index is 0.0989. The Hall–Kier alpha value is -2.24. The van der Waals surface area contributed by atoms with Crippen molar-refractivity contribution in [1.29, 1.82) is 0 Å². The number of rotatable bonds is 1. The average molecular weight is 269 g/mol. The first-order valence-corrected chi connectivity index (χ1v) is 6.93. The Morgan fingerprint density at radius 2 is 2.05 bits per heavy atom. The molecule has 6 heteroatoms. The highest BCUT2D eigenvalue weighted by molar-refractivity contribution is 5.83. The minimum atomic E-state index is -0.238. The van der Waals surface area contributed by atoms with Crippen molar-refractivity contribution >= 4 is 5.91 Å². The molecule has 4 heterocycles. The normalized spacial score (nSPS) is 24.6. The quantitative estimate of drug-likeness (QED) is 0.788. The molecular weight excluding hydrogens is 254 g/mol. The van der Waals surface area contributed by atoms with Crippen molar-refractivity contribution in [2.24, 2.45) is 0 Å². The van der Waals surface area contributed by atoms with Crippen LogP contribution in [-0.2, 0) is 4.79 Å². The average Bonchev–Trinajstić information content (AvgIpc) is 3.12. The maximum atomic E-state index is 12.5. The number of hydrogen-bond donors (Lipinski definition) is 0. The Kier molecular flexibility index (Phi) is 2.39. The van der Waals surface area contributed by atoms with Gasteiger partial charge in [0.2, 0.25) is 5.91 Å². The first-order valence-electron chi connectivity index (χ1n) is 6.93. The smallest absolute Gasteiger partial charge is 0.246 e. The zero-order valence-corrected chi connectivity index (χ0v) is 11.2. The van der Waals surface area contributed by atoms with Gasteiger partial charge in [0, 0.05) is 24.5 Å². The maximum absolute atomic E-state index is 12.5. The summed E-state index contributed by atoms with van der Waals surface area (Å²) >= 11 is 0. The molecule has 1 amide bonds. The van der Waals surface area contributed by atoms with Gasteiger partial charge in [-0.3, -0.25) is 14.3 Å². The van der Waals surface area contributed by atoms with Crippen LogP contribution in [0.2, 0.25) is 0 Å². The number of amides is 1. The largest absolute Gasteiger partial charge is 0.331 e. The second kappa shape index (κ2) is 4.13. The van der Waals surface area contributed by atoms with Crippen LogP contribution in [0.3, 0.4) is 0 Å². The Morgan fingerprint density at radius 3 is 2.85 bits per heavy atom. The van der Waals surface area contributed by atoms with Crippen molar-refractivity contribution in [3.8, 4) is 11.4 Å². The number of aromatic nitrogens is 4. The lowest BCUT2D eigenvalue weighted by Gasteiger charge is -2.34. The molecule has 102 valence electrons. The van der Waals surface area contributed by atoms with Gasteiger partial charge in [-0.1, -0.05) is 0 Å². The van der Waals surface area contributed by atoms with Gasteiger partial charge in [0.05, 0.1) is 6.04 Å². The summed E-state index contributed by atoms with van der Waals surface area (Å²) in [5.41, 5.74) is 0.949. The monoisotopic (exact) mass is 269 g/mol.